The lowest BCUT2D eigenvalue weighted by atomic mass is 10.2. The topological polar surface area (TPSA) is 41.9 Å². The van der Waals surface area contributed by atoms with E-state index >= 15 is 0 Å². The van der Waals surface area contributed by atoms with E-state index in [1.54, 1.807) is 0 Å². The summed E-state index contributed by atoms with van der Waals surface area (Å²) >= 11 is 6.23. The van der Waals surface area contributed by atoms with Gasteiger partial charge in [-0.3, -0.25) is 4.98 Å². The number of halogens is 1. The van der Waals surface area contributed by atoms with Gasteiger partial charge in [0.2, 0.25) is 0 Å². The second-order valence-electron chi connectivity index (χ2n) is 5.47. The summed E-state index contributed by atoms with van der Waals surface area (Å²) in [5.41, 5.74) is 2.00. The molecule has 2 heterocycles. The highest BCUT2D eigenvalue weighted by Crippen LogP contribution is 2.25. The van der Waals surface area contributed by atoms with Crippen LogP contribution in [0.5, 0.6) is 0 Å². The van der Waals surface area contributed by atoms with Gasteiger partial charge in [0.1, 0.15) is 16.8 Å². The SMILES string of the molecule is Cc1c(Cl)nc(C(C)C)nc1N(C)CCc1ccccn1. The van der Waals surface area contributed by atoms with Gasteiger partial charge in [0.15, 0.2) is 0 Å². The van der Waals surface area contributed by atoms with Crippen molar-refractivity contribution in [2.24, 2.45) is 0 Å². The molecule has 2 aromatic heterocycles. The Labute approximate surface area is 131 Å². The maximum atomic E-state index is 6.23. The minimum absolute atomic E-state index is 0.256. The number of likely N-dealkylation sites (N-methyl/N-ethyl adjacent to an activating group) is 1. The Kier molecular flexibility index (Phi) is 5.12. The summed E-state index contributed by atoms with van der Waals surface area (Å²) in [6.07, 6.45) is 2.69. The Morgan fingerprint density at radius 3 is 2.62 bits per heavy atom. The lowest BCUT2D eigenvalue weighted by Gasteiger charge is -2.21. The van der Waals surface area contributed by atoms with Crippen LogP contribution in [0.4, 0.5) is 5.82 Å². The highest BCUT2D eigenvalue weighted by molar-refractivity contribution is 6.30. The Bertz CT molecular complexity index is 599. The molecule has 0 radical (unpaired) electrons. The summed E-state index contributed by atoms with van der Waals surface area (Å²) in [5.74, 6) is 1.94. The maximum Gasteiger partial charge on any atom is 0.137 e. The lowest BCUT2D eigenvalue weighted by molar-refractivity contribution is 0.754. The van der Waals surface area contributed by atoms with Gasteiger partial charge in [0.25, 0.3) is 0 Å². The van der Waals surface area contributed by atoms with E-state index in [9.17, 15) is 0 Å². The van der Waals surface area contributed by atoms with Crippen LogP contribution < -0.4 is 4.90 Å². The summed E-state index contributed by atoms with van der Waals surface area (Å²) in [5, 5.41) is 0.536. The maximum absolute atomic E-state index is 6.23. The van der Waals surface area contributed by atoms with Crippen LogP contribution in [-0.2, 0) is 6.42 Å². The van der Waals surface area contributed by atoms with Crippen LogP contribution >= 0.6 is 11.6 Å². The van der Waals surface area contributed by atoms with E-state index in [0.29, 0.717) is 5.15 Å². The van der Waals surface area contributed by atoms with Gasteiger partial charge in [0, 0.05) is 43.4 Å². The van der Waals surface area contributed by atoms with Gasteiger partial charge in [-0.05, 0) is 19.1 Å². The van der Waals surface area contributed by atoms with E-state index in [0.717, 1.165) is 35.9 Å². The number of anilines is 1. The predicted octanol–water partition coefficient (Wildman–Crippen LogP) is 3.64. The molecular weight excluding hydrogens is 284 g/mol. The molecule has 0 unspecified atom stereocenters. The Hall–Kier alpha value is -1.68. The van der Waals surface area contributed by atoms with Crippen molar-refractivity contribution in [3.05, 3.63) is 46.6 Å². The highest BCUT2D eigenvalue weighted by Gasteiger charge is 2.14. The van der Waals surface area contributed by atoms with Crippen molar-refractivity contribution >= 4 is 17.4 Å². The number of nitrogens with zero attached hydrogens (tertiary/aromatic N) is 4. The molecule has 2 rings (SSSR count). The van der Waals surface area contributed by atoms with E-state index < -0.39 is 0 Å². The zero-order chi connectivity index (χ0) is 15.4. The molecule has 0 atom stereocenters. The van der Waals surface area contributed by atoms with Gasteiger partial charge in [-0.1, -0.05) is 31.5 Å². The van der Waals surface area contributed by atoms with Gasteiger partial charge in [-0.15, -0.1) is 0 Å². The fourth-order valence-electron chi connectivity index (χ4n) is 2.06. The van der Waals surface area contributed by atoms with Crippen LogP contribution in [0.25, 0.3) is 0 Å². The Morgan fingerprint density at radius 2 is 2.00 bits per heavy atom. The molecule has 0 saturated heterocycles. The monoisotopic (exact) mass is 304 g/mol. The first-order chi connectivity index (χ1) is 9.99. The molecule has 112 valence electrons. The molecule has 21 heavy (non-hydrogen) atoms. The van der Waals surface area contributed by atoms with E-state index in [4.69, 9.17) is 11.6 Å². The van der Waals surface area contributed by atoms with Crippen LogP contribution in [0.3, 0.4) is 0 Å². The summed E-state index contributed by atoms with van der Waals surface area (Å²) in [7, 11) is 2.03. The van der Waals surface area contributed by atoms with Crippen LogP contribution in [0, 0.1) is 6.92 Å². The largest absolute Gasteiger partial charge is 0.359 e. The second kappa shape index (κ2) is 6.85. The van der Waals surface area contributed by atoms with Crippen molar-refractivity contribution in [1.82, 2.24) is 15.0 Å². The highest BCUT2D eigenvalue weighted by atomic mass is 35.5. The van der Waals surface area contributed by atoms with Crippen molar-refractivity contribution < 1.29 is 0 Å². The van der Waals surface area contributed by atoms with E-state index in [1.807, 2.05) is 38.4 Å². The van der Waals surface area contributed by atoms with Crippen molar-refractivity contribution in [2.45, 2.75) is 33.1 Å². The number of hydrogen-bond donors (Lipinski definition) is 0. The quantitative estimate of drug-likeness (QED) is 0.791. The first kappa shape index (κ1) is 15.7. The number of rotatable bonds is 5. The molecule has 0 aromatic carbocycles. The standard InChI is InChI=1S/C16H21ClN4/c1-11(2)15-19-14(17)12(3)16(20-15)21(4)10-8-13-7-5-6-9-18-13/h5-7,9,11H,8,10H2,1-4H3. The minimum Gasteiger partial charge on any atom is -0.359 e. The van der Waals surface area contributed by atoms with Gasteiger partial charge >= 0.3 is 0 Å². The molecule has 0 aliphatic heterocycles. The van der Waals surface area contributed by atoms with Gasteiger partial charge in [-0.25, -0.2) is 9.97 Å². The third-order valence-corrected chi connectivity index (χ3v) is 3.75. The third-order valence-electron chi connectivity index (χ3n) is 3.39. The first-order valence-electron chi connectivity index (χ1n) is 7.14. The van der Waals surface area contributed by atoms with Crippen molar-refractivity contribution in [3.63, 3.8) is 0 Å². The summed E-state index contributed by atoms with van der Waals surface area (Å²) in [6, 6.07) is 5.97. The smallest absolute Gasteiger partial charge is 0.137 e. The predicted molar refractivity (Wildman–Crippen MR) is 87.1 cm³/mol. The van der Waals surface area contributed by atoms with Crippen LogP contribution in [-0.4, -0.2) is 28.5 Å². The molecule has 0 aliphatic rings. The summed E-state index contributed by atoms with van der Waals surface area (Å²) in [4.78, 5) is 15.5. The van der Waals surface area contributed by atoms with Crippen molar-refractivity contribution in [3.8, 4) is 0 Å². The molecular formula is C16H21ClN4. The number of pyridine rings is 1. The lowest BCUT2D eigenvalue weighted by Crippen LogP contribution is -2.23. The summed E-state index contributed by atoms with van der Waals surface area (Å²) in [6.45, 7) is 6.93. The van der Waals surface area contributed by atoms with Crippen LogP contribution in [0.15, 0.2) is 24.4 Å². The second-order valence-corrected chi connectivity index (χ2v) is 5.83. The molecule has 0 bridgehead atoms. The number of hydrogen-bond acceptors (Lipinski definition) is 4. The third kappa shape index (κ3) is 3.91. The van der Waals surface area contributed by atoms with Crippen molar-refractivity contribution in [2.75, 3.05) is 18.5 Å². The van der Waals surface area contributed by atoms with Gasteiger partial charge in [0.05, 0.1) is 0 Å². The van der Waals surface area contributed by atoms with Crippen LogP contribution in [0.1, 0.15) is 36.8 Å². The molecule has 0 saturated carbocycles. The molecule has 0 spiro atoms. The van der Waals surface area contributed by atoms with Crippen LogP contribution in [0.2, 0.25) is 5.15 Å². The fourth-order valence-corrected chi connectivity index (χ4v) is 2.23. The van der Waals surface area contributed by atoms with E-state index in [2.05, 4.69) is 33.7 Å². The molecule has 4 nitrogen and oxygen atoms in total. The van der Waals surface area contributed by atoms with Gasteiger partial charge in [-0.2, -0.15) is 0 Å². The first-order valence-corrected chi connectivity index (χ1v) is 7.52. The van der Waals surface area contributed by atoms with Gasteiger partial charge < -0.3 is 4.90 Å². The Balaban J connectivity index is 2.16. The molecule has 0 amide bonds. The molecule has 0 N–H and O–H groups in total. The molecule has 0 aliphatic carbocycles. The normalized spacial score (nSPS) is 11.0. The van der Waals surface area contributed by atoms with E-state index in [1.165, 1.54) is 0 Å². The average molecular weight is 305 g/mol. The zero-order valence-corrected chi connectivity index (χ0v) is 13.7. The fraction of sp³-hybridized carbons (Fsp3) is 0.438. The molecule has 0 fully saturated rings. The minimum atomic E-state index is 0.256. The zero-order valence-electron chi connectivity index (χ0n) is 13.0. The molecule has 2 aromatic rings. The van der Waals surface area contributed by atoms with Crippen molar-refractivity contribution in [1.29, 1.82) is 0 Å². The molecule has 5 heteroatoms. The summed E-state index contributed by atoms with van der Waals surface area (Å²) < 4.78 is 0. The Morgan fingerprint density at radius 1 is 1.24 bits per heavy atom. The number of aromatic nitrogens is 3. The average Bonchev–Trinajstić information content (AvgIpc) is 2.48. The van der Waals surface area contributed by atoms with E-state index in [-0.39, 0.29) is 5.92 Å².